The van der Waals surface area contributed by atoms with E-state index in [4.69, 9.17) is 0 Å². The zero-order chi connectivity index (χ0) is 31.1. The van der Waals surface area contributed by atoms with E-state index in [-0.39, 0.29) is 29.9 Å². The molecular formula is C31H34BrN5O4S2. The first kappa shape index (κ1) is 31.2. The van der Waals surface area contributed by atoms with Crippen molar-refractivity contribution >= 4 is 66.5 Å². The number of nitrogens with one attached hydrogen (secondary N) is 2. The van der Waals surface area contributed by atoms with E-state index in [2.05, 4.69) is 36.5 Å². The van der Waals surface area contributed by atoms with Crippen molar-refractivity contribution in [2.45, 2.75) is 65.3 Å². The van der Waals surface area contributed by atoms with E-state index in [1.807, 2.05) is 82.6 Å². The van der Waals surface area contributed by atoms with Gasteiger partial charge in [-0.2, -0.15) is 0 Å². The minimum Gasteiger partial charge on any atom is -0.391 e. The van der Waals surface area contributed by atoms with E-state index < -0.39 is 35.4 Å². The van der Waals surface area contributed by atoms with Gasteiger partial charge >= 0.3 is 0 Å². The number of carbonyl (C=O) groups excluding carboxylic acids is 3. The van der Waals surface area contributed by atoms with Crippen LogP contribution >= 0.6 is 38.6 Å². The molecule has 0 radical (unpaired) electrons. The van der Waals surface area contributed by atoms with Gasteiger partial charge < -0.3 is 20.6 Å². The van der Waals surface area contributed by atoms with Crippen molar-refractivity contribution in [1.82, 2.24) is 25.5 Å². The number of aromatic nitrogens is 2. The number of benzene rings is 2. The Hall–Kier alpha value is -3.19. The molecule has 1 aliphatic heterocycles. The predicted octanol–water partition coefficient (Wildman–Crippen LogP) is 5.47. The molecule has 226 valence electrons. The zero-order valence-electron chi connectivity index (χ0n) is 24.6. The van der Waals surface area contributed by atoms with Gasteiger partial charge in [0.15, 0.2) is 5.01 Å². The Morgan fingerprint density at radius 3 is 2.49 bits per heavy atom. The molecule has 1 saturated heterocycles. The molecule has 2 unspecified atom stereocenters. The average Bonchev–Trinajstić information content (AvgIpc) is 3.68. The van der Waals surface area contributed by atoms with Crippen LogP contribution in [0.1, 0.15) is 61.2 Å². The third-order valence-corrected chi connectivity index (χ3v) is 10.1. The molecule has 1 aliphatic rings. The first-order valence-electron chi connectivity index (χ1n) is 14.0. The number of aliphatic hydroxyl groups is 1. The van der Waals surface area contributed by atoms with Gasteiger partial charge in [0.2, 0.25) is 11.8 Å². The summed E-state index contributed by atoms with van der Waals surface area (Å²) in [4.78, 5) is 52.0. The van der Waals surface area contributed by atoms with Crippen molar-refractivity contribution in [3.05, 3.63) is 68.7 Å². The Morgan fingerprint density at radius 1 is 1.12 bits per heavy atom. The topological polar surface area (TPSA) is 125 Å². The molecule has 43 heavy (non-hydrogen) atoms. The number of hydrogen-bond donors (Lipinski definition) is 3. The van der Waals surface area contributed by atoms with Crippen molar-refractivity contribution in [2.24, 2.45) is 5.41 Å². The Kier molecular flexibility index (Phi) is 9.03. The highest BCUT2D eigenvalue weighted by Crippen LogP contribution is 2.30. The molecule has 0 bridgehead atoms. The van der Waals surface area contributed by atoms with Gasteiger partial charge in [-0.05, 0) is 48.6 Å². The number of aliphatic hydroxyl groups excluding tert-OH is 1. The number of hydrogen-bond acceptors (Lipinski definition) is 8. The van der Waals surface area contributed by atoms with Gasteiger partial charge in [-0.3, -0.25) is 14.4 Å². The van der Waals surface area contributed by atoms with Gasteiger partial charge in [-0.1, -0.05) is 61.0 Å². The van der Waals surface area contributed by atoms with E-state index in [1.165, 1.54) is 16.2 Å². The highest BCUT2D eigenvalue weighted by atomic mass is 79.9. The molecule has 0 saturated carbocycles. The smallest absolute Gasteiger partial charge is 0.280 e. The molecule has 1 fully saturated rings. The number of thiazole rings is 2. The molecule has 2 aromatic carbocycles. The maximum Gasteiger partial charge on any atom is 0.280 e. The molecule has 0 aliphatic carbocycles. The zero-order valence-corrected chi connectivity index (χ0v) is 27.8. The lowest BCUT2D eigenvalue weighted by Crippen LogP contribution is -2.57. The van der Waals surface area contributed by atoms with Crippen molar-refractivity contribution in [3.8, 4) is 10.4 Å². The van der Waals surface area contributed by atoms with E-state index in [0.29, 0.717) is 5.52 Å². The van der Waals surface area contributed by atoms with Crippen LogP contribution in [0.15, 0.2) is 52.4 Å². The Morgan fingerprint density at radius 2 is 1.84 bits per heavy atom. The summed E-state index contributed by atoms with van der Waals surface area (Å²) < 4.78 is 1.73. The molecule has 4 atom stereocenters. The number of fused-ring (bicyclic) bond motifs is 1. The van der Waals surface area contributed by atoms with Crippen LogP contribution in [0.2, 0.25) is 0 Å². The van der Waals surface area contributed by atoms with Crippen molar-refractivity contribution in [1.29, 1.82) is 0 Å². The van der Waals surface area contributed by atoms with E-state index >= 15 is 0 Å². The summed E-state index contributed by atoms with van der Waals surface area (Å²) in [5.41, 5.74) is 4.79. The summed E-state index contributed by atoms with van der Waals surface area (Å²) in [7, 11) is 0. The van der Waals surface area contributed by atoms with Crippen LogP contribution < -0.4 is 10.6 Å². The summed E-state index contributed by atoms with van der Waals surface area (Å²) in [5.74, 6) is -1.23. The summed E-state index contributed by atoms with van der Waals surface area (Å²) in [6, 6.07) is 11.4. The van der Waals surface area contributed by atoms with Crippen LogP contribution in [0.3, 0.4) is 0 Å². The lowest BCUT2D eigenvalue weighted by atomic mass is 9.85. The molecule has 9 nitrogen and oxygen atoms in total. The minimum atomic E-state index is -0.945. The molecule has 0 spiro atoms. The molecule has 2 aromatic heterocycles. The fraction of sp³-hybridized carbons (Fsp3) is 0.387. The lowest BCUT2D eigenvalue weighted by molar-refractivity contribution is -0.142. The van der Waals surface area contributed by atoms with Crippen molar-refractivity contribution < 1.29 is 19.5 Å². The van der Waals surface area contributed by atoms with Gasteiger partial charge in [0, 0.05) is 17.4 Å². The number of amides is 3. The average molecular weight is 685 g/mol. The fourth-order valence-corrected chi connectivity index (χ4v) is 7.44. The monoisotopic (exact) mass is 683 g/mol. The number of β-amino-alcohol motifs (C(OH)–C–C–N with tert-alkyl or cyclic N) is 1. The van der Waals surface area contributed by atoms with Crippen LogP contribution in [0, 0.1) is 12.3 Å². The second kappa shape index (κ2) is 12.4. The van der Waals surface area contributed by atoms with Gasteiger partial charge in [0.05, 0.1) is 38.4 Å². The minimum absolute atomic E-state index is 0.00577. The second-order valence-electron chi connectivity index (χ2n) is 11.9. The highest BCUT2D eigenvalue weighted by molar-refractivity contribution is 9.10. The normalized spacial score (nSPS) is 18.4. The standard InChI is InChI=1S/C31H34BrN5O4S2/c1-16(18-6-8-19(9-7-18)25-17(2)33-15-42-25)34-27(39)23-13-21(38)14-37(23)30(41)26(31(3,4)5)36-28(40)29-35-22-11-10-20(32)12-24(22)43-29/h6-12,15-16,21,23,26,38H,13-14H2,1-5H3,(H,34,39)(H,36,40)/t16?,21-,23+,26?/m1/s1. The summed E-state index contributed by atoms with van der Waals surface area (Å²) >= 11 is 6.26. The number of carbonyl (C=O) groups is 3. The molecule has 12 heteroatoms. The van der Waals surface area contributed by atoms with E-state index in [1.54, 1.807) is 11.3 Å². The van der Waals surface area contributed by atoms with Crippen molar-refractivity contribution in [2.75, 3.05) is 6.54 Å². The van der Waals surface area contributed by atoms with Crippen LogP contribution in [-0.2, 0) is 9.59 Å². The quantitative estimate of drug-likeness (QED) is 0.237. The first-order valence-corrected chi connectivity index (χ1v) is 16.5. The van der Waals surface area contributed by atoms with Gasteiger partial charge in [-0.25, -0.2) is 9.97 Å². The first-order chi connectivity index (χ1) is 20.3. The molecule has 5 rings (SSSR count). The Bertz CT molecular complexity index is 1660. The van der Waals surface area contributed by atoms with E-state index in [0.717, 1.165) is 30.9 Å². The Balaban J connectivity index is 1.30. The molecule has 4 aromatic rings. The van der Waals surface area contributed by atoms with Crippen LogP contribution in [0.25, 0.3) is 20.7 Å². The van der Waals surface area contributed by atoms with Gasteiger partial charge in [0.1, 0.15) is 12.1 Å². The number of halogens is 1. The molecule has 3 N–H and O–H groups in total. The highest BCUT2D eigenvalue weighted by Gasteiger charge is 2.45. The van der Waals surface area contributed by atoms with Gasteiger partial charge in [0.25, 0.3) is 5.91 Å². The van der Waals surface area contributed by atoms with Gasteiger partial charge in [-0.15, -0.1) is 22.7 Å². The second-order valence-corrected chi connectivity index (χ2v) is 14.7. The fourth-order valence-electron chi connectivity index (χ4n) is 5.20. The maximum atomic E-state index is 14.0. The van der Waals surface area contributed by atoms with Crippen molar-refractivity contribution in [3.63, 3.8) is 0 Å². The van der Waals surface area contributed by atoms with Crippen LogP contribution in [0.5, 0.6) is 0 Å². The van der Waals surface area contributed by atoms with Crippen LogP contribution in [-0.4, -0.2) is 62.4 Å². The number of nitrogens with zero attached hydrogens (tertiary/aromatic N) is 3. The SMILES string of the molecule is Cc1ncsc1-c1ccc(C(C)NC(=O)[C@@H]2C[C@@H](O)CN2C(=O)C(NC(=O)c2nc3ccc(Br)cc3s2)C(C)(C)C)cc1. The number of rotatable bonds is 7. The largest absolute Gasteiger partial charge is 0.391 e. The number of likely N-dealkylation sites (tertiary alicyclic amines) is 1. The summed E-state index contributed by atoms with van der Waals surface area (Å²) in [6.45, 7) is 9.43. The molecule has 3 heterocycles. The summed E-state index contributed by atoms with van der Waals surface area (Å²) in [6.07, 6.45) is -0.734. The molecular weight excluding hydrogens is 650 g/mol. The number of aryl methyl sites for hydroxylation is 1. The summed E-state index contributed by atoms with van der Waals surface area (Å²) in [5, 5.41) is 16.7. The third-order valence-electron chi connectivity index (χ3n) is 7.58. The van der Waals surface area contributed by atoms with Crippen LogP contribution in [0.4, 0.5) is 0 Å². The lowest BCUT2D eigenvalue weighted by Gasteiger charge is -2.35. The van der Waals surface area contributed by atoms with E-state index in [9.17, 15) is 19.5 Å². The molecule has 3 amide bonds. The predicted molar refractivity (Wildman–Crippen MR) is 173 cm³/mol. The maximum absolute atomic E-state index is 14.0. The third kappa shape index (κ3) is 6.82. The Labute approximate surface area is 266 Å².